The van der Waals surface area contributed by atoms with Gasteiger partial charge >= 0.3 is 0 Å². The van der Waals surface area contributed by atoms with Gasteiger partial charge in [0, 0.05) is 41.2 Å². The molecule has 0 saturated carbocycles. The van der Waals surface area contributed by atoms with Crippen LogP contribution < -0.4 is 0 Å². The SMILES string of the molecule is CC(CS(C)=O)n1c(CCCl)nc2cc(Cl)c(Cl)cc21. The van der Waals surface area contributed by atoms with E-state index in [1.54, 1.807) is 18.4 Å². The van der Waals surface area contributed by atoms with Crippen molar-refractivity contribution in [1.82, 2.24) is 9.55 Å². The molecule has 110 valence electrons. The largest absolute Gasteiger partial charge is 0.324 e. The summed E-state index contributed by atoms with van der Waals surface area (Å²) in [5, 5.41) is 0.968. The van der Waals surface area contributed by atoms with Crippen LogP contribution in [-0.2, 0) is 17.2 Å². The summed E-state index contributed by atoms with van der Waals surface area (Å²) in [5.41, 5.74) is 1.69. The van der Waals surface area contributed by atoms with Crippen molar-refractivity contribution in [3.05, 3.63) is 28.0 Å². The van der Waals surface area contributed by atoms with Gasteiger partial charge in [-0.2, -0.15) is 0 Å². The lowest BCUT2D eigenvalue weighted by atomic mass is 10.3. The Morgan fingerprint density at radius 2 is 2.00 bits per heavy atom. The molecule has 2 unspecified atom stereocenters. The number of aromatic nitrogens is 2. The summed E-state index contributed by atoms with van der Waals surface area (Å²) in [6.07, 6.45) is 2.34. The topological polar surface area (TPSA) is 34.9 Å². The van der Waals surface area contributed by atoms with Gasteiger partial charge in [-0.1, -0.05) is 23.2 Å². The molecule has 0 amide bonds. The minimum atomic E-state index is -0.886. The normalized spacial score (nSPS) is 14.7. The average molecular weight is 354 g/mol. The van der Waals surface area contributed by atoms with Crippen LogP contribution in [0.25, 0.3) is 11.0 Å². The minimum absolute atomic E-state index is 0.0568. The third-order valence-corrected chi connectivity index (χ3v) is 4.90. The van der Waals surface area contributed by atoms with E-state index < -0.39 is 10.8 Å². The summed E-state index contributed by atoms with van der Waals surface area (Å²) >= 11 is 18.0. The van der Waals surface area contributed by atoms with E-state index in [1.807, 2.05) is 6.92 Å². The van der Waals surface area contributed by atoms with Crippen molar-refractivity contribution in [2.45, 2.75) is 19.4 Å². The molecule has 0 N–H and O–H groups in total. The van der Waals surface area contributed by atoms with Gasteiger partial charge in [0.05, 0.1) is 21.1 Å². The lowest BCUT2D eigenvalue weighted by Gasteiger charge is -2.16. The minimum Gasteiger partial charge on any atom is -0.324 e. The lowest BCUT2D eigenvalue weighted by Crippen LogP contribution is -2.16. The van der Waals surface area contributed by atoms with Crippen LogP contribution in [-0.4, -0.2) is 31.6 Å². The Morgan fingerprint density at radius 3 is 2.60 bits per heavy atom. The Morgan fingerprint density at radius 1 is 1.35 bits per heavy atom. The van der Waals surface area contributed by atoms with E-state index in [0.717, 1.165) is 16.9 Å². The first-order valence-corrected chi connectivity index (χ1v) is 9.17. The summed E-state index contributed by atoms with van der Waals surface area (Å²) in [4.78, 5) is 4.57. The van der Waals surface area contributed by atoms with Crippen LogP contribution in [0.2, 0.25) is 10.0 Å². The van der Waals surface area contributed by atoms with Crippen LogP contribution in [0.15, 0.2) is 12.1 Å². The number of benzene rings is 1. The molecule has 1 aromatic heterocycles. The summed E-state index contributed by atoms with van der Waals surface area (Å²) in [5.74, 6) is 1.90. The maximum absolute atomic E-state index is 11.5. The standard InChI is InChI=1S/C13H15Cl3N2OS/c1-8(7-20(2)19)18-12-6-10(16)9(15)5-11(12)17-13(18)3-4-14/h5-6,8H,3-4,7H2,1-2H3. The number of fused-ring (bicyclic) bond motifs is 1. The van der Waals surface area contributed by atoms with E-state index >= 15 is 0 Å². The van der Waals surface area contributed by atoms with E-state index in [9.17, 15) is 4.21 Å². The number of imidazole rings is 1. The molecule has 0 radical (unpaired) electrons. The zero-order valence-electron chi connectivity index (χ0n) is 11.2. The third kappa shape index (κ3) is 3.30. The highest BCUT2D eigenvalue weighted by molar-refractivity contribution is 7.84. The van der Waals surface area contributed by atoms with E-state index in [0.29, 0.717) is 28.1 Å². The third-order valence-electron chi connectivity index (χ3n) is 3.04. The molecule has 7 heteroatoms. The molecule has 0 spiro atoms. The number of hydrogen-bond acceptors (Lipinski definition) is 2. The van der Waals surface area contributed by atoms with Crippen molar-refractivity contribution in [2.75, 3.05) is 17.9 Å². The van der Waals surface area contributed by atoms with E-state index in [-0.39, 0.29) is 6.04 Å². The maximum atomic E-state index is 11.5. The zero-order chi connectivity index (χ0) is 14.9. The van der Waals surface area contributed by atoms with Crippen LogP contribution in [0.4, 0.5) is 0 Å². The first-order chi connectivity index (χ1) is 9.43. The van der Waals surface area contributed by atoms with Crippen molar-refractivity contribution in [2.24, 2.45) is 0 Å². The molecule has 0 fully saturated rings. The van der Waals surface area contributed by atoms with Crippen molar-refractivity contribution >= 4 is 56.6 Å². The second kappa shape index (κ2) is 6.65. The van der Waals surface area contributed by atoms with Crippen LogP contribution in [0, 0.1) is 0 Å². The number of aryl methyl sites for hydroxylation is 1. The van der Waals surface area contributed by atoms with Crippen LogP contribution in [0.3, 0.4) is 0 Å². The highest BCUT2D eigenvalue weighted by atomic mass is 35.5. The smallest absolute Gasteiger partial charge is 0.111 e. The van der Waals surface area contributed by atoms with Crippen LogP contribution in [0.1, 0.15) is 18.8 Å². The van der Waals surface area contributed by atoms with E-state index in [4.69, 9.17) is 34.8 Å². The van der Waals surface area contributed by atoms with Crippen LogP contribution >= 0.6 is 34.8 Å². The zero-order valence-corrected chi connectivity index (χ0v) is 14.3. The van der Waals surface area contributed by atoms with Gasteiger partial charge in [-0.3, -0.25) is 4.21 Å². The fourth-order valence-electron chi connectivity index (χ4n) is 2.31. The van der Waals surface area contributed by atoms with Crippen molar-refractivity contribution < 1.29 is 4.21 Å². The Hall–Kier alpha value is -0.290. The molecule has 0 bridgehead atoms. The Labute approximate surface area is 135 Å². The van der Waals surface area contributed by atoms with E-state index in [2.05, 4.69) is 9.55 Å². The fraction of sp³-hybridized carbons (Fsp3) is 0.462. The van der Waals surface area contributed by atoms with Gasteiger partial charge in [0.1, 0.15) is 5.82 Å². The van der Waals surface area contributed by atoms with Gasteiger partial charge in [0.25, 0.3) is 0 Å². The monoisotopic (exact) mass is 352 g/mol. The van der Waals surface area contributed by atoms with Crippen molar-refractivity contribution in [1.29, 1.82) is 0 Å². The Kier molecular flexibility index (Phi) is 5.35. The molecule has 20 heavy (non-hydrogen) atoms. The van der Waals surface area contributed by atoms with Gasteiger partial charge in [0.2, 0.25) is 0 Å². The fourth-order valence-corrected chi connectivity index (χ4v) is 3.62. The van der Waals surface area contributed by atoms with Crippen molar-refractivity contribution in [3.63, 3.8) is 0 Å². The second-order valence-corrected chi connectivity index (χ2v) is 7.35. The molecule has 0 saturated heterocycles. The Balaban J connectivity index is 2.61. The summed E-state index contributed by atoms with van der Waals surface area (Å²) in [7, 11) is -0.886. The van der Waals surface area contributed by atoms with Gasteiger partial charge in [-0.15, -0.1) is 11.6 Å². The van der Waals surface area contributed by atoms with Gasteiger partial charge in [-0.05, 0) is 19.1 Å². The molecule has 1 heterocycles. The predicted molar refractivity (Wildman–Crippen MR) is 87.8 cm³/mol. The predicted octanol–water partition coefficient (Wildman–Crippen LogP) is 4.06. The average Bonchev–Trinajstić information content (AvgIpc) is 2.67. The molecule has 2 atom stereocenters. The van der Waals surface area contributed by atoms with Crippen molar-refractivity contribution in [3.8, 4) is 0 Å². The molecule has 1 aromatic carbocycles. The maximum Gasteiger partial charge on any atom is 0.111 e. The highest BCUT2D eigenvalue weighted by Crippen LogP contribution is 2.30. The number of alkyl halides is 1. The molecule has 2 rings (SSSR count). The van der Waals surface area contributed by atoms with Gasteiger partial charge < -0.3 is 4.57 Å². The van der Waals surface area contributed by atoms with Gasteiger partial charge in [0.15, 0.2) is 0 Å². The lowest BCUT2D eigenvalue weighted by molar-refractivity contribution is 0.587. The van der Waals surface area contributed by atoms with E-state index in [1.165, 1.54) is 0 Å². The quantitative estimate of drug-likeness (QED) is 0.760. The molecular weight excluding hydrogens is 339 g/mol. The van der Waals surface area contributed by atoms with Gasteiger partial charge in [-0.25, -0.2) is 4.98 Å². The molecule has 0 aliphatic rings. The summed E-state index contributed by atoms with van der Waals surface area (Å²) in [6, 6.07) is 3.61. The number of halogens is 3. The Bertz CT molecular complexity index is 657. The molecule has 0 aliphatic heterocycles. The number of rotatable bonds is 5. The summed E-state index contributed by atoms with van der Waals surface area (Å²) < 4.78 is 13.5. The molecular formula is C13H15Cl3N2OS. The first kappa shape index (κ1) is 16.1. The molecule has 3 nitrogen and oxygen atoms in total. The second-order valence-electron chi connectivity index (χ2n) is 4.68. The summed E-state index contributed by atoms with van der Waals surface area (Å²) in [6.45, 7) is 2.02. The number of nitrogens with zero attached hydrogens (tertiary/aromatic N) is 2. The number of hydrogen-bond donors (Lipinski definition) is 0. The highest BCUT2D eigenvalue weighted by Gasteiger charge is 2.18. The molecule has 0 aliphatic carbocycles. The first-order valence-electron chi connectivity index (χ1n) is 6.16. The van der Waals surface area contributed by atoms with Crippen LogP contribution in [0.5, 0.6) is 0 Å². The molecule has 2 aromatic rings.